The van der Waals surface area contributed by atoms with Crippen molar-refractivity contribution in [1.29, 1.82) is 0 Å². The Morgan fingerprint density at radius 2 is 1.71 bits per heavy atom. The van der Waals surface area contributed by atoms with Crippen molar-refractivity contribution in [3.63, 3.8) is 0 Å². The van der Waals surface area contributed by atoms with Gasteiger partial charge in [-0.05, 0) is 50.2 Å². The van der Waals surface area contributed by atoms with E-state index in [-0.39, 0.29) is 6.61 Å². The monoisotopic (exact) mass is 282 g/mol. The SMILES string of the molecule is CN1CCC(c2ccc(-c3ccc(CO)cc3)cn2)CC1. The Balaban J connectivity index is 1.74. The Morgan fingerprint density at radius 1 is 1.05 bits per heavy atom. The number of hydrogen-bond donors (Lipinski definition) is 1. The topological polar surface area (TPSA) is 36.4 Å². The van der Waals surface area contributed by atoms with E-state index in [1.54, 1.807) is 0 Å². The van der Waals surface area contributed by atoms with E-state index in [1.165, 1.54) is 18.5 Å². The first-order valence-electron chi connectivity index (χ1n) is 7.61. The molecule has 2 heterocycles. The van der Waals surface area contributed by atoms with Gasteiger partial charge in [0.25, 0.3) is 0 Å². The van der Waals surface area contributed by atoms with Crippen molar-refractivity contribution < 1.29 is 5.11 Å². The highest BCUT2D eigenvalue weighted by molar-refractivity contribution is 5.62. The number of aromatic nitrogens is 1. The number of pyridine rings is 1. The number of rotatable bonds is 3. The molecule has 2 aromatic rings. The second-order valence-electron chi connectivity index (χ2n) is 5.90. The Morgan fingerprint density at radius 3 is 2.29 bits per heavy atom. The fourth-order valence-corrected chi connectivity index (χ4v) is 2.92. The Bertz CT molecular complexity index is 569. The number of piperidine rings is 1. The second kappa shape index (κ2) is 6.37. The van der Waals surface area contributed by atoms with Crippen LogP contribution in [-0.2, 0) is 6.61 Å². The predicted molar refractivity (Wildman–Crippen MR) is 85.1 cm³/mol. The van der Waals surface area contributed by atoms with Crippen LogP contribution in [0.2, 0.25) is 0 Å². The zero-order chi connectivity index (χ0) is 14.7. The van der Waals surface area contributed by atoms with Crippen LogP contribution < -0.4 is 0 Å². The van der Waals surface area contributed by atoms with Crippen LogP contribution in [0.4, 0.5) is 0 Å². The predicted octanol–water partition coefficient (Wildman–Crippen LogP) is 3.05. The molecule has 1 aromatic carbocycles. The minimum atomic E-state index is 0.0909. The molecule has 3 heteroatoms. The standard InChI is InChI=1S/C18H22N2O/c1-20-10-8-16(9-11-20)18-7-6-17(12-19-18)15-4-2-14(13-21)3-5-15/h2-7,12,16,21H,8-11,13H2,1H3. The van der Waals surface area contributed by atoms with Crippen molar-refractivity contribution in [2.24, 2.45) is 0 Å². The normalized spacial score (nSPS) is 17.0. The van der Waals surface area contributed by atoms with Crippen molar-refractivity contribution >= 4 is 0 Å². The van der Waals surface area contributed by atoms with Gasteiger partial charge in [0.2, 0.25) is 0 Å². The van der Waals surface area contributed by atoms with Crippen molar-refractivity contribution in [2.75, 3.05) is 20.1 Å². The molecule has 1 saturated heterocycles. The van der Waals surface area contributed by atoms with E-state index in [4.69, 9.17) is 5.11 Å². The van der Waals surface area contributed by atoms with E-state index in [0.29, 0.717) is 5.92 Å². The van der Waals surface area contributed by atoms with Crippen molar-refractivity contribution in [2.45, 2.75) is 25.4 Å². The molecule has 0 spiro atoms. The van der Waals surface area contributed by atoms with Gasteiger partial charge in [-0.25, -0.2) is 0 Å². The van der Waals surface area contributed by atoms with Gasteiger partial charge in [0.1, 0.15) is 0 Å². The molecule has 1 fully saturated rings. The molecule has 0 atom stereocenters. The summed E-state index contributed by atoms with van der Waals surface area (Å²) < 4.78 is 0. The fourth-order valence-electron chi connectivity index (χ4n) is 2.92. The van der Waals surface area contributed by atoms with Gasteiger partial charge in [0, 0.05) is 23.4 Å². The molecule has 1 aliphatic rings. The molecule has 0 unspecified atom stereocenters. The zero-order valence-electron chi connectivity index (χ0n) is 12.5. The van der Waals surface area contributed by atoms with Crippen LogP contribution in [0.15, 0.2) is 42.6 Å². The number of aliphatic hydroxyl groups is 1. The summed E-state index contributed by atoms with van der Waals surface area (Å²) in [5.74, 6) is 0.604. The minimum absolute atomic E-state index is 0.0909. The van der Waals surface area contributed by atoms with Crippen molar-refractivity contribution in [3.05, 3.63) is 53.9 Å². The van der Waals surface area contributed by atoms with Crippen LogP contribution in [0, 0.1) is 0 Å². The lowest BCUT2D eigenvalue weighted by Gasteiger charge is -2.28. The number of aliphatic hydroxyl groups excluding tert-OH is 1. The molecule has 3 rings (SSSR count). The van der Waals surface area contributed by atoms with E-state index in [0.717, 1.165) is 29.8 Å². The molecule has 0 radical (unpaired) electrons. The lowest BCUT2D eigenvalue weighted by Crippen LogP contribution is -2.29. The summed E-state index contributed by atoms with van der Waals surface area (Å²) in [5.41, 5.74) is 4.44. The van der Waals surface area contributed by atoms with Gasteiger partial charge in [-0.3, -0.25) is 4.98 Å². The maximum atomic E-state index is 9.08. The Labute approximate surface area is 126 Å². The van der Waals surface area contributed by atoms with Gasteiger partial charge in [0.15, 0.2) is 0 Å². The number of nitrogens with zero attached hydrogens (tertiary/aromatic N) is 2. The van der Waals surface area contributed by atoms with Crippen LogP contribution in [0.5, 0.6) is 0 Å². The maximum absolute atomic E-state index is 9.08. The molecule has 0 amide bonds. The number of hydrogen-bond acceptors (Lipinski definition) is 3. The van der Waals surface area contributed by atoms with Gasteiger partial charge >= 0.3 is 0 Å². The molecule has 1 N–H and O–H groups in total. The fraction of sp³-hybridized carbons (Fsp3) is 0.389. The van der Waals surface area contributed by atoms with E-state index in [2.05, 4.69) is 29.1 Å². The highest BCUT2D eigenvalue weighted by Gasteiger charge is 2.19. The zero-order valence-corrected chi connectivity index (χ0v) is 12.5. The highest BCUT2D eigenvalue weighted by atomic mass is 16.3. The van der Waals surface area contributed by atoms with Crippen LogP contribution >= 0.6 is 0 Å². The van der Waals surface area contributed by atoms with E-state index < -0.39 is 0 Å². The highest BCUT2D eigenvalue weighted by Crippen LogP contribution is 2.27. The first-order chi connectivity index (χ1) is 10.3. The summed E-state index contributed by atoms with van der Waals surface area (Å²) in [6.07, 6.45) is 4.38. The molecule has 0 aliphatic carbocycles. The quantitative estimate of drug-likeness (QED) is 0.940. The molecule has 3 nitrogen and oxygen atoms in total. The van der Waals surface area contributed by atoms with Crippen molar-refractivity contribution in [3.8, 4) is 11.1 Å². The lowest BCUT2D eigenvalue weighted by atomic mass is 9.93. The first kappa shape index (κ1) is 14.2. The van der Waals surface area contributed by atoms with Crippen LogP contribution in [0.1, 0.15) is 30.0 Å². The Hall–Kier alpha value is -1.71. The molecule has 0 bridgehead atoms. The van der Waals surface area contributed by atoms with Crippen molar-refractivity contribution in [1.82, 2.24) is 9.88 Å². The molecule has 21 heavy (non-hydrogen) atoms. The summed E-state index contributed by atoms with van der Waals surface area (Å²) in [6, 6.07) is 12.3. The molecule has 1 aliphatic heterocycles. The summed E-state index contributed by atoms with van der Waals surface area (Å²) in [4.78, 5) is 7.06. The largest absolute Gasteiger partial charge is 0.392 e. The summed E-state index contributed by atoms with van der Waals surface area (Å²) in [6.45, 7) is 2.42. The van der Waals surface area contributed by atoms with E-state index in [1.807, 2.05) is 30.5 Å². The van der Waals surface area contributed by atoms with Gasteiger partial charge < -0.3 is 10.0 Å². The smallest absolute Gasteiger partial charge is 0.0681 e. The third kappa shape index (κ3) is 3.31. The third-order valence-electron chi connectivity index (χ3n) is 4.39. The molecular weight excluding hydrogens is 260 g/mol. The average Bonchev–Trinajstić information content (AvgIpc) is 2.56. The van der Waals surface area contributed by atoms with Gasteiger partial charge in [-0.1, -0.05) is 30.3 Å². The van der Waals surface area contributed by atoms with E-state index in [9.17, 15) is 0 Å². The second-order valence-corrected chi connectivity index (χ2v) is 5.90. The van der Waals surface area contributed by atoms with Gasteiger partial charge in [-0.2, -0.15) is 0 Å². The number of likely N-dealkylation sites (tertiary alicyclic amines) is 1. The Kier molecular flexibility index (Phi) is 4.32. The molecule has 0 saturated carbocycles. The van der Waals surface area contributed by atoms with Gasteiger partial charge in [-0.15, -0.1) is 0 Å². The number of benzene rings is 1. The summed E-state index contributed by atoms with van der Waals surface area (Å²) >= 11 is 0. The van der Waals surface area contributed by atoms with Crippen LogP contribution in [0.25, 0.3) is 11.1 Å². The van der Waals surface area contributed by atoms with Crippen LogP contribution in [-0.4, -0.2) is 35.1 Å². The molecule has 1 aromatic heterocycles. The van der Waals surface area contributed by atoms with Crippen LogP contribution in [0.3, 0.4) is 0 Å². The third-order valence-corrected chi connectivity index (χ3v) is 4.39. The lowest BCUT2D eigenvalue weighted by molar-refractivity contribution is 0.253. The minimum Gasteiger partial charge on any atom is -0.392 e. The summed E-state index contributed by atoms with van der Waals surface area (Å²) in [5, 5.41) is 9.08. The molecule has 110 valence electrons. The first-order valence-corrected chi connectivity index (χ1v) is 7.61. The van der Waals surface area contributed by atoms with E-state index >= 15 is 0 Å². The maximum Gasteiger partial charge on any atom is 0.0681 e. The molecular formula is C18H22N2O. The van der Waals surface area contributed by atoms with Gasteiger partial charge in [0.05, 0.1) is 6.61 Å². The summed E-state index contributed by atoms with van der Waals surface area (Å²) in [7, 11) is 2.18. The average molecular weight is 282 g/mol.